The standard InChI is InChI=1S/C25H33N3O2/c1-17(2)24(29)26-22-11-12-23(27(4)5)21(14-22)16-28(15-19-9-10-19)25(30)20-8-6-7-18(3)13-20/h6-8,11-14,17,19H,9-10,15-16H2,1-5H3,(H,26,29). The molecule has 0 saturated heterocycles. The number of carbonyl (C=O) groups excluding carboxylic acids is 2. The van der Waals surface area contributed by atoms with E-state index in [-0.39, 0.29) is 17.7 Å². The van der Waals surface area contributed by atoms with Gasteiger partial charge in [0.25, 0.3) is 5.91 Å². The number of nitrogens with one attached hydrogen (secondary N) is 1. The van der Waals surface area contributed by atoms with Gasteiger partial charge in [0.1, 0.15) is 0 Å². The number of nitrogens with zero attached hydrogens (tertiary/aromatic N) is 2. The van der Waals surface area contributed by atoms with Crippen molar-refractivity contribution in [3.8, 4) is 0 Å². The smallest absolute Gasteiger partial charge is 0.254 e. The Morgan fingerprint density at radius 3 is 2.43 bits per heavy atom. The molecule has 1 aliphatic carbocycles. The van der Waals surface area contributed by atoms with E-state index in [0.717, 1.165) is 34.6 Å². The number of rotatable bonds is 8. The van der Waals surface area contributed by atoms with Gasteiger partial charge >= 0.3 is 0 Å². The predicted octanol–water partition coefficient (Wildman–Crippen LogP) is 4.71. The Kier molecular flexibility index (Phi) is 6.80. The highest BCUT2D eigenvalue weighted by atomic mass is 16.2. The van der Waals surface area contributed by atoms with Gasteiger partial charge in [0.2, 0.25) is 5.91 Å². The van der Waals surface area contributed by atoms with Crippen LogP contribution in [-0.4, -0.2) is 37.4 Å². The maximum atomic E-state index is 13.3. The molecule has 5 heteroatoms. The van der Waals surface area contributed by atoms with Crippen molar-refractivity contribution in [2.45, 2.75) is 40.2 Å². The van der Waals surface area contributed by atoms with Crippen molar-refractivity contribution in [2.24, 2.45) is 11.8 Å². The van der Waals surface area contributed by atoms with E-state index in [1.165, 1.54) is 12.8 Å². The Balaban J connectivity index is 1.90. The third-order valence-corrected chi connectivity index (χ3v) is 5.44. The lowest BCUT2D eigenvalue weighted by molar-refractivity contribution is -0.118. The van der Waals surface area contributed by atoms with Crippen LogP contribution in [0.1, 0.15) is 48.2 Å². The first-order chi connectivity index (χ1) is 14.2. The molecule has 0 spiro atoms. The molecule has 1 N–H and O–H groups in total. The van der Waals surface area contributed by atoms with Crippen LogP contribution >= 0.6 is 0 Å². The van der Waals surface area contributed by atoms with E-state index >= 15 is 0 Å². The maximum absolute atomic E-state index is 13.3. The molecule has 0 unspecified atom stereocenters. The number of aryl methyl sites for hydroxylation is 1. The predicted molar refractivity (Wildman–Crippen MR) is 123 cm³/mol. The third-order valence-electron chi connectivity index (χ3n) is 5.44. The lowest BCUT2D eigenvalue weighted by atomic mass is 10.1. The number of hydrogen-bond donors (Lipinski definition) is 1. The molecular weight excluding hydrogens is 374 g/mol. The van der Waals surface area contributed by atoms with Gasteiger partial charge in [-0.05, 0) is 61.6 Å². The first-order valence-corrected chi connectivity index (χ1v) is 10.7. The molecule has 1 fully saturated rings. The van der Waals surface area contributed by atoms with Crippen LogP contribution in [0.25, 0.3) is 0 Å². The molecule has 0 heterocycles. The van der Waals surface area contributed by atoms with Crippen LogP contribution in [0.4, 0.5) is 11.4 Å². The van der Waals surface area contributed by atoms with E-state index in [1.807, 2.05) is 82.2 Å². The summed E-state index contributed by atoms with van der Waals surface area (Å²) in [5.74, 6) is 0.554. The number of amides is 2. The summed E-state index contributed by atoms with van der Waals surface area (Å²) in [6.45, 7) is 7.04. The average molecular weight is 408 g/mol. The fraction of sp³-hybridized carbons (Fsp3) is 0.440. The molecule has 0 aromatic heterocycles. The second kappa shape index (κ2) is 9.33. The summed E-state index contributed by atoms with van der Waals surface area (Å²) in [5, 5.41) is 2.98. The molecule has 0 aliphatic heterocycles. The summed E-state index contributed by atoms with van der Waals surface area (Å²) < 4.78 is 0. The minimum Gasteiger partial charge on any atom is -0.377 e. The summed E-state index contributed by atoms with van der Waals surface area (Å²) >= 11 is 0. The van der Waals surface area contributed by atoms with E-state index in [0.29, 0.717) is 12.5 Å². The SMILES string of the molecule is Cc1cccc(C(=O)N(Cc2cc(NC(=O)C(C)C)ccc2N(C)C)CC2CC2)c1. The van der Waals surface area contributed by atoms with Gasteiger partial charge in [-0.3, -0.25) is 9.59 Å². The van der Waals surface area contributed by atoms with Crippen LogP contribution in [0, 0.1) is 18.8 Å². The monoisotopic (exact) mass is 407 g/mol. The van der Waals surface area contributed by atoms with Crippen LogP contribution < -0.4 is 10.2 Å². The van der Waals surface area contributed by atoms with Crippen molar-refractivity contribution in [3.63, 3.8) is 0 Å². The maximum Gasteiger partial charge on any atom is 0.254 e. The van der Waals surface area contributed by atoms with E-state index in [2.05, 4.69) is 10.2 Å². The van der Waals surface area contributed by atoms with Gasteiger partial charge in [0.05, 0.1) is 0 Å². The highest BCUT2D eigenvalue weighted by Gasteiger charge is 2.28. The quantitative estimate of drug-likeness (QED) is 0.690. The fourth-order valence-corrected chi connectivity index (χ4v) is 3.51. The van der Waals surface area contributed by atoms with Gasteiger partial charge in [0.15, 0.2) is 0 Å². The van der Waals surface area contributed by atoms with E-state index in [1.54, 1.807) is 0 Å². The first kappa shape index (κ1) is 21.9. The van der Waals surface area contributed by atoms with E-state index < -0.39 is 0 Å². The molecule has 0 radical (unpaired) electrons. The number of hydrogen-bond acceptors (Lipinski definition) is 3. The summed E-state index contributed by atoms with van der Waals surface area (Å²) in [6.07, 6.45) is 2.37. The molecule has 2 aromatic rings. The summed E-state index contributed by atoms with van der Waals surface area (Å²) in [6, 6.07) is 13.7. The molecule has 5 nitrogen and oxygen atoms in total. The van der Waals surface area contributed by atoms with Gasteiger partial charge in [0, 0.05) is 50.0 Å². The Hall–Kier alpha value is -2.82. The van der Waals surface area contributed by atoms with Crippen molar-refractivity contribution >= 4 is 23.2 Å². The average Bonchev–Trinajstić information content (AvgIpc) is 3.51. The van der Waals surface area contributed by atoms with Crippen LogP contribution in [-0.2, 0) is 11.3 Å². The fourth-order valence-electron chi connectivity index (χ4n) is 3.51. The molecular formula is C25H33N3O2. The molecule has 0 bridgehead atoms. The minimum absolute atomic E-state index is 0.00998. The van der Waals surface area contributed by atoms with E-state index in [9.17, 15) is 9.59 Å². The van der Waals surface area contributed by atoms with Crippen molar-refractivity contribution in [2.75, 3.05) is 30.9 Å². The minimum atomic E-state index is -0.0868. The molecule has 30 heavy (non-hydrogen) atoms. The third kappa shape index (κ3) is 5.62. The molecule has 2 amide bonds. The molecule has 3 rings (SSSR count). The van der Waals surface area contributed by atoms with Gasteiger partial charge < -0.3 is 15.1 Å². The zero-order valence-corrected chi connectivity index (χ0v) is 18.7. The summed E-state index contributed by atoms with van der Waals surface area (Å²) in [4.78, 5) is 29.5. The largest absolute Gasteiger partial charge is 0.377 e. The Labute approximate surface area is 180 Å². The van der Waals surface area contributed by atoms with Crippen LogP contribution in [0.2, 0.25) is 0 Å². The summed E-state index contributed by atoms with van der Waals surface area (Å²) in [5.41, 5.74) is 4.66. The first-order valence-electron chi connectivity index (χ1n) is 10.7. The highest BCUT2D eigenvalue weighted by Crippen LogP contribution is 2.32. The van der Waals surface area contributed by atoms with E-state index in [4.69, 9.17) is 0 Å². The molecule has 160 valence electrons. The van der Waals surface area contributed by atoms with Gasteiger partial charge in [-0.25, -0.2) is 0 Å². The molecule has 1 saturated carbocycles. The van der Waals surface area contributed by atoms with Crippen molar-refractivity contribution in [3.05, 3.63) is 59.2 Å². The second-order valence-electron chi connectivity index (χ2n) is 8.88. The van der Waals surface area contributed by atoms with Gasteiger partial charge in [-0.1, -0.05) is 31.5 Å². The molecule has 2 aromatic carbocycles. The normalized spacial score (nSPS) is 13.3. The Bertz CT molecular complexity index is 916. The lowest BCUT2D eigenvalue weighted by Gasteiger charge is -2.26. The van der Waals surface area contributed by atoms with Gasteiger partial charge in [-0.2, -0.15) is 0 Å². The highest BCUT2D eigenvalue weighted by molar-refractivity contribution is 5.95. The molecule has 0 atom stereocenters. The van der Waals surface area contributed by atoms with Crippen LogP contribution in [0.3, 0.4) is 0 Å². The lowest BCUT2D eigenvalue weighted by Crippen LogP contribution is -2.33. The van der Waals surface area contributed by atoms with Crippen molar-refractivity contribution in [1.82, 2.24) is 4.90 Å². The second-order valence-corrected chi connectivity index (χ2v) is 8.88. The van der Waals surface area contributed by atoms with Crippen LogP contribution in [0.15, 0.2) is 42.5 Å². The van der Waals surface area contributed by atoms with Crippen molar-refractivity contribution in [1.29, 1.82) is 0 Å². The number of benzene rings is 2. The number of anilines is 2. The molecule has 1 aliphatic rings. The Morgan fingerprint density at radius 1 is 1.10 bits per heavy atom. The topological polar surface area (TPSA) is 52.7 Å². The zero-order valence-electron chi connectivity index (χ0n) is 18.7. The number of carbonyl (C=O) groups is 2. The van der Waals surface area contributed by atoms with Crippen LogP contribution in [0.5, 0.6) is 0 Å². The zero-order chi connectivity index (χ0) is 21.8. The van der Waals surface area contributed by atoms with Crippen molar-refractivity contribution < 1.29 is 9.59 Å². The summed E-state index contributed by atoms with van der Waals surface area (Å²) in [7, 11) is 4.00. The van der Waals surface area contributed by atoms with Gasteiger partial charge in [-0.15, -0.1) is 0 Å². The Morgan fingerprint density at radius 2 is 1.83 bits per heavy atom.